The van der Waals surface area contributed by atoms with Gasteiger partial charge in [-0.05, 0) is 49.6 Å². The van der Waals surface area contributed by atoms with Crippen molar-refractivity contribution in [3.8, 4) is 5.88 Å². The number of fused-ring (bicyclic) bond motifs is 3. The minimum Gasteiger partial charge on any atom is -0.467 e. The third kappa shape index (κ3) is 4.95. The van der Waals surface area contributed by atoms with E-state index in [1.807, 2.05) is 49.4 Å². The van der Waals surface area contributed by atoms with E-state index in [1.54, 1.807) is 11.3 Å². The van der Waals surface area contributed by atoms with Gasteiger partial charge in [-0.3, -0.25) is 4.79 Å². The lowest BCUT2D eigenvalue weighted by atomic mass is 9.94. The van der Waals surface area contributed by atoms with Crippen molar-refractivity contribution in [3.63, 3.8) is 0 Å². The molecule has 1 amide bonds. The van der Waals surface area contributed by atoms with Gasteiger partial charge in [0.1, 0.15) is 10.7 Å². The molecule has 0 spiro atoms. The van der Waals surface area contributed by atoms with Crippen molar-refractivity contribution in [3.05, 3.63) is 82.0 Å². The van der Waals surface area contributed by atoms with Crippen LogP contribution in [0, 0.1) is 6.92 Å². The topological polar surface area (TPSA) is 73.3 Å². The highest BCUT2D eigenvalue weighted by molar-refractivity contribution is 7.18. The molecule has 0 saturated heterocycles. The summed E-state index contributed by atoms with van der Waals surface area (Å²) in [5.41, 5.74) is 3.84. The lowest BCUT2D eigenvalue weighted by molar-refractivity contribution is -0.118. The van der Waals surface area contributed by atoms with Crippen LogP contribution in [0.15, 0.2) is 54.6 Å². The van der Waals surface area contributed by atoms with E-state index in [-0.39, 0.29) is 18.1 Å². The van der Waals surface area contributed by atoms with Gasteiger partial charge in [0.25, 0.3) is 5.91 Å². The largest absolute Gasteiger partial charge is 0.467 e. The fourth-order valence-corrected chi connectivity index (χ4v) is 5.28. The molecule has 0 saturated carbocycles. The van der Waals surface area contributed by atoms with Crippen LogP contribution in [0.5, 0.6) is 5.88 Å². The molecule has 0 fully saturated rings. The molecule has 3 heterocycles. The van der Waals surface area contributed by atoms with Crippen LogP contribution in [0.1, 0.15) is 41.2 Å². The average molecular weight is 474 g/mol. The van der Waals surface area contributed by atoms with E-state index >= 15 is 0 Å². The molecule has 1 aliphatic heterocycles. The Hall–Kier alpha value is -3.29. The standard InChI is InChI=1S/C27H27N3O3S/c1-17-8-7-11-19(12-17)28-23(31)16-32-25-24-20-14-27(2,3)33-15-21(20)34-26(24)30-22(29-25)13-18-9-5-4-6-10-18/h4-12H,13-16H2,1-3H3,(H,28,31). The molecule has 4 aromatic rings. The van der Waals surface area contributed by atoms with Gasteiger partial charge in [0.2, 0.25) is 5.88 Å². The van der Waals surface area contributed by atoms with E-state index in [0.29, 0.717) is 24.7 Å². The molecule has 0 radical (unpaired) electrons. The number of nitrogens with zero attached hydrogens (tertiary/aromatic N) is 2. The third-order valence-electron chi connectivity index (χ3n) is 5.79. The van der Waals surface area contributed by atoms with Gasteiger partial charge in [0.05, 0.1) is 17.6 Å². The molecule has 5 rings (SSSR count). The summed E-state index contributed by atoms with van der Waals surface area (Å²) in [5, 5.41) is 3.80. The Balaban J connectivity index is 1.46. The summed E-state index contributed by atoms with van der Waals surface area (Å²) in [6.07, 6.45) is 1.34. The number of hydrogen-bond acceptors (Lipinski definition) is 6. The van der Waals surface area contributed by atoms with Crippen LogP contribution in [0.2, 0.25) is 0 Å². The molecule has 7 heteroatoms. The predicted molar refractivity (Wildman–Crippen MR) is 135 cm³/mol. The van der Waals surface area contributed by atoms with Crippen LogP contribution in [-0.2, 0) is 29.0 Å². The van der Waals surface area contributed by atoms with E-state index in [0.717, 1.165) is 43.9 Å². The van der Waals surface area contributed by atoms with Gasteiger partial charge in [-0.15, -0.1) is 11.3 Å². The Morgan fingerprint density at radius 2 is 1.97 bits per heavy atom. The van der Waals surface area contributed by atoms with E-state index in [2.05, 4.69) is 31.3 Å². The molecule has 1 N–H and O–H groups in total. The average Bonchev–Trinajstić information content (AvgIpc) is 3.15. The van der Waals surface area contributed by atoms with Crippen LogP contribution < -0.4 is 10.1 Å². The van der Waals surface area contributed by atoms with Crippen molar-refractivity contribution >= 4 is 33.1 Å². The number of aromatic nitrogens is 2. The molecule has 2 aromatic heterocycles. The lowest BCUT2D eigenvalue weighted by Gasteiger charge is -2.30. The molecular weight excluding hydrogens is 446 g/mol. The van der Waals surface area contributed by atoms with Crippen LogP contribution >= 0.6 is 11.3 Å². The van der Waals surface area contributed by atoms with E-state index in [4.69, 9.17) is 19.4 Å². The summed E-state index contributed by atoms with van der Waals surface area (Å²) in [5.74, 6) is 0.909. The number of amides is 1. The maximum atomic E-state index is 12.6. The molecule has 1 aliphatic rings. The van der Waals surface area contributed by atoms with Gasteiger partial charge in [-0.25, -0.2) is 4.98 Å². The fraction of sp³-hybridized carbons (Fsp3) is 0.296. The highest BCUT2D eigenvalue weighted by Crippen LogP contribution is 2.41. The maximum Gasteiger partial charge on any atom is 0.262 e. The first-order valence-corrected chi connectivity index (χ1v) is 12.2. The van der Waals surface area contributed by atoms with E-state index in [9.17, 15) is 4.79 Å². The molecule has 34 heavy (non-hydrogen) atoms. The van der Waals surface area contributed by atoms with Gasteiger partial charge in [-0.2, -0.15) is 4.98 Å². The van der Waals surface area contributed by atoms with Crippen molar-refractivity contribution < 1.29 is 14.3 Å². The number of aryl methyl sites for hydroxylation is 1. The Morgan fingerprint density at radius 1 is 1.15 bits per heavy atom. The summed E-state index contributed by atoms with van der Waals surface area (Å²) in [7, 11) is 0. The molecule has 6 nitrogen and oxygen atoms in total. The van der Waals surface area contributed by atoms with Gasteiger partial charge in [0, 0.05) is 23.4 Å². The fourth-order valence-electron chi connectivity index (χ4n) is 4.17. The minimum absolute atomic E-state index is 0.130. The summed E-state index contributed by atoms with van der Waals surface area (Å²) < 4.78 is 12.1. The molecule has 2 aromatic carbocycles. The summed E-state index contributed by atoms with van der Waals surface area (Å²) in [4.78, 5) is 24.3. The van der Waals surface area contributed by atoms with Crippen molar-refractivity contribution in [2.75, 3.05) is 11.9 Å². The van der Waals surface area contributed by atoms with Crippen molar-refractivity contribution in [2.24, 2.45) is 0 Å². The van der Waals surface area contributed by atoms with Gasteiger partial charge < -0.3 is 14.8 Å². The zero-order valence-corrected chi connectivity index (χ0v) is 20.4. The molecule has 0 unspecified atom stereocenters. The first-order valence-electron chi connectivity index (χ1n) is 11.3. The zero-order valence-electron chi connectivity index (χ0n) is 19.6. The highest BCUT2D eigenvalue weighted by Gasteiger charge is 2.31. The molecule has 174 valence electrons. The number of anilines is 1. The Bertz CT molecular complexity index is 1350. The van der Waals surface area contributed by atoms with Crippen molar-refractivity contribution in [1.29, 1.82) is 0 Å². The molecule has 0 aliphatic carbocycles. The van der Waals surface area contributed by atoms with Crippen LogP contribution in [-0.4, -0.2) is 28.1 Å². The second kappa shape index (κ2) is 9.16. The Kier molecular flexibility index (Phi) is 6.06. The van der Waals surface area contributed by atoms with Crippen LogP contribution in [0.25, 0.3) is 10.2 Å². The van der Waals surface area contributed by atoms with Gasteiger partial charge in [0.15, 0.2) is 6.61 Å². The van der Waals surface area contributed by atoms with Gasteiger partial charge in [-0.1, -0.05) is 42.5 Å². The molecule has 0 atom stereocenters. The zero-order chi connectivity index (χ0) is 23.7. The molecular formula is C27H27N3O3S. The second-order valence-corrected chi connectivity index (χ2v) is 10.3. The van der Waals surface area contributed by atoms with Crippen LogP contribution in [0.4, 0.5) is 5.69 Å². The minimum atomic E-state index is -0.274. The maximum absolute atomic E-state index is 12.6. The van der Waals surface area contributed by atoms with E-state index < -0.39 is 0 Å². The van der Waals surface area contributed by atoms with Crippen molar-refractivity contribution in [1.82, 2.24) is 9.97 Å². The number of hydrogen-bond donors (Lipinski definition) is 1. The van der Waals surface area contributed by atoms with Gasteiger partial charge >= 0.3 is 0 Å². The number of nitrogens with one attached hydrogen (secondary N) is 1. The third-order valence-corrected chi connectivity index (χ3v) is 6.89. The Morgan fingerprint density at radius 3 is 2.76 bits per heavy atom. The number of rotatable bonds is 6. The first-order chi connectivity index (χ1) is 16.4. The smallest absolute Gasteiger partial charge is 0.262 e. The summed E-state index contributed by atoms with van der Waals surface area (Å²) in [6.45, 7) is 6.57. The number of ether oxygens (including phenoxy) is 2. The van der Waals surface area contributed by atoms with Crippen LogP contribution in [0.3, 0.4) is 0 Å². The predicted octanol–water partition coefficient (Wildman–Crippen LogP) is 5.46. The SMILES string of the molecule is Cc1cccc(NC(=O)COc2nc(Cc3ccccc3)nc3sc4c(c23)CC(C)(C)OC4)c1. The van der Waals surface area contributed by atoms with Crippen molar-refractivity contribution in [2.45, 2.75) is 45.8 Å². The van der Waals surface area contributed by atoms with E-state index in [1.165, 1.54) is 0 Å². The lowest BCUT2D eigenvalue weighted by Crippen LogP contribution is -2.31. The number of benzene rings is 2. The number of carbonyl (C=O) groups is 1. The quantitative estimate of drug-likeness (QED) is 0.403. The normalized spacial score (nSPS) is 14.6. The number of thiophene rings is 1. The second-order valence-electron chi connectivity index (χ2n) is 9.22. The molecule has 0 bridgehead atoms. The summed E-state index contributed by atoms with van der Waals surface area (Å²) >= 11 is 1.62. The first kappa shape index (κ1) is 22.5. The monoisotopic (exact) mass is 473 g/mol. The number of carbonyl (C=O) groups excluding carboxylic acids is 1. The Labute approximate surface area is 203 Å². The summed E-state index contributed by atoms with van der Waals surface area (Å²) in [6, 6.07) is 17.8. The highest BCUT2D eigenvalue weighted by atomic mass is 32.1.